The van der Waals surface area contributed by atoms with E-state index in [2.05, 4.69) is 30.3 Å². The Hall–Kier alpha value is -2.16. The normalized spacial score (nSPS) is 25.0. The Morgan fingerprint density at radius 3 is 2.38 bits per heavy atom. The van der Waals surface area contributed by atoms with E-state index >= 15 is 0 Å². The Morgan fingerprint density at radius 2 is 1.67 bits per heavy atom. The van der Waals surface area contributed by atoms with E-state index in [1.54, 1.807) is 0 Å². The van der Waals surface area contributed by atoms with Crippen LogP contribution in [0.15, 0.2) is 54.1 Å². The van der Waals surface area contributed by atoms with E-state index in [0.717, 1.165) is 22.4 Å². The van der Waals surface area contributed by atoms with Crippen LogP contribution in [0, 0.1) is 19.8 Å². The average molecular weight is 326 g/mol. The Bertz CT molecular complexity index is 803. The van der Waals surface area contributed by atoms with Crippen molar-refractivity contribution in [2.45, 2.75) is 38.7 Å². The zero-order chi connectivity index (χ0) is 16.8. The lowest BCUT2D eigenvalue weighted by Crippen LogP contribution is -2.26. The van der Waals surface area contributed by atoms with Crippen LogP contribution in [0.3, 0.4) is 0 Å². The van der Waals surface area contributed by atoms with Crippen LogP contribution in [-0.4, -0.2) is 0 Å². The lowest BCUT2D eigenvalue weighted by Gasteiger charge is -2.36. The topological polar surface area (TPSA) is 9.23 Å². The minimum absolute atomic E-state index is 0.0681. The summed E-state index contributed by atoms with van der Waals surface area (Å²) in [5.41, 5.74) is 4.77. The number of fused-ring (bicyclic) bond motifs is 3. The van der Waals surface area contributed by atoms with Crippen LogP contribution in [0.25, 0.3) is 0 Å². The third-order valence-electron chi connectivity index (χ3n) is 5.35. The Labute approximate surface area is 141 Å². The lowest BCUT2D eigenvalue weighted by atomic mass is 9.79. The molecule has 0 spiro atoms. The molecule has 0 radical (unpaired) electrons. The predicted molar refractivity (Wildman–Crippen MR) is 90.4 cm³/mol. The third kappa shape index (κ3) is 2.52. The van der Waals surface area contributed by atoms with E-state index in [4.69, 9.17) is 4.74 Å². The van der Waals surface area contributed by atoms with Gasteiger partial charge in [0.15, 0.2) is 0 Å². The molecule has 3 atom stereocenters. The number of benzene rings is 2. The molecular weight excluding hydrogens is 306 g/mol. The number of ether oxygens (including phenoxy) is 1. The summed E-state index contributed by atoms with van der Waals surface area (Å²) in [5, 5.41) is 0. The van der Waals surface area contributed by atoms with Gasteiger partial charge in [-0.25, -0.2) is 0 Å². The minimum Gasteiger partial charge on any atom is -0.485 e. The summed E-state index contributed by atoms with van der Waals surface area (Å²) >= 11 is 0. The van der Waals surface area contributed by atoms with Gasteiger partial charge in [0.05, 0.1) is 0 Å². The summed E-state index contributed by atoms with van der Waals surface area (Å²) in [7, 11) is 0. The zero-order valence-electron chi connectivity index (χ0n) is 13.9. The fourth-order valence-electron chi connectivity index (χ4n) is 4.10. The van der Waals surface area contributed by atoms with Crippen molar-refractivity contribution >= 4 is 0 Å². The highest BCUT2D eigenvalue weighted by atomic mass is 19.3. The number of hydrogen-bond donors (Lipinski definition) is 0. The van der Waals surface area contributed by atoms with Crippen LogP contribution in [-0.2, 0) is 0 Å². The third-order valence-corrected chi connectivity index (χ3v) is 5.35. The predicted octanol–water partition coefficient (Wildman–Crippen LogP) is 6.08. The average Bonchev–Trinajstić information content (AvgIpc) is 3.01. The molecule has 24 heavy (non-hydrogen) atoms. The lowest BCUT2D eigenvalue weighted by molar-refractivity contribution is 0.105. The number of allylic oxidation sites excluding steroid dienone is 1. The molecule has 0 unspecified atom stereocenters. The van der Waals surface area contributed by atoms with Crippen molar-refractivity contribution in [1.29, 1.82) is 0 Å². The van der Waals surface area contributed by atoms with E-state index in [0.29, 0.717) is 18.4 Å². The second-order valence-corrected chi connectivity index (χ2v) is 7.03. The van der Waals surface area contributed by atoms with Gasteiger partial charge >= 0.3 is 0 Å². The van der Waals surface area contributed by atoms with Gasteiger partial charge in [0.25, 0.3) is 6.08 Å². The molecule has 2 aromatic rings. The highest BCUT2D eigenvalue weighted by molar-refractivity contribution is 5.45. The molecule has 0 N–H and O–H groups in total. The number of aryl methyl sites for hydroxylation is 2. The Morgan fingerprint density at radius 1 is 0.958 bits per heavy atom. The largest absolute Gasteiger partial charge is 0.485 e. The summed E-state index contributed by atoms with van der Waals surface area (Å²) < 4.78 is 32.8. The van der Waals surface area contributed by atoms with Gasteiger partial charge in [-0.2, -0.15) is 8.78 Å². The summed E-state index contributed by atoms with van der Waals surface area (Å²) in [6.45, 7) is 4.07. The second-order valence-electron chi connectivity index (χ2n) is 7.03. The summed E-state index contributed by atoms with van der Waals surface area (Å²) in [4.78, 5) is 0. The molecule has 0 saturated heterocycles. The Kier molecular flexibility index (Phi) is 3.67. The van der Waals surface area contributed by atoms with Crippen LogP contribution in [0.1, 0.15) is 47.1 Å². The van der Waals surface area contributed by atoms with Crippen LogP contribution >= 0.6 is 0 Å². The molecule has 4 rings (SSSR count). The van der Waals surface area contributed by atoms with Crippen molar-refractivity contribution in [3.8, 4) is 5.75 Å². The molecule has 0 aromatic heterocycles. The SMILES string of the molecule is Cc1ccc([C@@H]2Oc3ccc(C)cc3[C@@H]3CC(=C(F)F)C[C@@H]32)cc1. The number of halogens is 2. The first-order chi connectivity index (χ1) is 11.5. The second kappa shape index (κ2) is 5.73. The number of hydrogen-bond acceptors (Lipinski definition) is 1. The van der Waals surface area contributed by atoms with Crippen LogP contribution in [0.5, 0.6) is 5.75 Å². The van der Waals surface area contributed by atoms with Crippen molar-refractivity contribution in [2.75, 3.05) is 0 Å². The monoisotopic (exact) mass is 326 g/mol. The first kappa shape index (κ1) is 15.4. The van der Waals surface area contributed by atoms with E-state index in [9.17, 15) is 8.78 Å². The molecule has 1 fully saturated rings. The first-order valence-corrected chi connectivity index (χ1v) is 8.39. The van der Waals surface area contributed by atoms with Crippen molar-refractivity contribution in [2.24, 2.45) is 5.92 Å². The molecular formula is C21H20F2O. The maximum absolute atomic E-state index is 13.3. The van der Waals surface area contributed by atoms with E-state index in [1.807, 2.05) is 26.0 Å². The van der Waals surface area contributed by atoms with Gasteiger partial charge in [-0.05, 0) is 55.4 Å². The van der Waals surface area contributed by atoms with Crippen LogP contribution in [0.2, 0.25) is 0 Å². The molecule has 2 aromatic carbocycles. The summed E-state index contributed by atoms with van der Waals surface area (Å²) in [5.74, 6) is 1.02. The van der Waals surface area contributed by atoms with Gasteiger partial charge in [0.1, 0.15) is 11.9 Å². The maximum atomic E-state index is 13.3. The van der Waals surface area contributed by atoms with Gasteiger partial charge < -0.3 is 4.74 Å². The molecule has 1 aliphatic carbocycles. The molecule has 1 nitrogen and oxygen atoms in total. The molecule has 1 saturated carbocycles. The standard InChI is InChI=1S/C21H20F2O/c1-12-3-6-14(7-4-12)20-18-11-15(21(22)23)10-16(18)17-9-13(2)5-8-19(17)24-20/h3-9,16,18,20H,10-11H2,1-2H3/t16-,18-,20-/m0/s1. The van der Waals surface area contributed by atoms with Gasteiger partial charge in [0, 0.05) is 5.92 Å². The molecule has 124 valence electrons. The van der Waals surface area contributed by atoms with E-state index in [1.165, 1.54) is 5.56 Å². The Balaban J connectivity index is 1.80. The fourth-order valence-corrected chi connectivity index (χ4v) is 4.10. The minimum atomic E-state index is -1.51. The summed E-state index contributed by atoms with van der Waals surface area (Å²) in [6, 6.07) is 14.3. The fraction of sp³-hybridized carbons (Fsp3) is 0.333. The molecule has 2 aliphatic rings. The highest BCUT2D eigenvalue weighted by Crippen LogP contribution is 2.56. The van der Waals surface area contributed by atoms with Crippen molar-refractivity contribution in [3.63, 3.8) is 0 Å². The smallest absolute Gasteiger partial charge is 0.269 e. The summed E-state index contributed by atoms with van der Waals surface area (Å²) in [6.07, 6.45) is -0.822. The molecule has 0 bridgehead atoms. The van der Waals surface area contributed by atoms with Gasteiger partial charge in [0.2, 0.25) is 0 Å². The van der Waals surface area contributed by atoms with Gasteiger partial charge in [-0.1, -0.05) is 47.5 Å². The van der Waals surface area contributed by atoms with Crippen molar-refractivity contribution in [1.82, 2.24) is 0 Å². The van der Waals surface area contributed by atoms with Gasteiger partial charge in [-0.3, -0.25) is 0 Å². The zero-order valence-corrected chi connectivity index (χ0v) is 13.9. The molecule has 0 amide bonds. The number of rotatable bonds is 1. The van der Waals surface area contributed by atoms with Crippen molar-refractivity contribution in [3.05, 3.63) is 76.4 Å². The van der Waals surface area contributed by atoms with E-state index in [-0.39, 0.29) is 17.9 Å². The van der Waals surface area contributed by atoms with Gasteiger partial charge in [-0.15, -0.1) is 0 Å². The first-order valence-electron chi connectivity index (χ1n) is 8.39. The van der Waals surface area contributed by atoms with E-state index < -0.39 is 6.08 Å². The van der Waals surface area contributed by atoms with Crippen molar-refractivity contribution < 1.29 is 13.5 Å². The molecule has 1 aliphatic heterocycles. The van der Waals surface area contributed by atoms with Crippen LogP contribution < -0.4 is 4.74 Å². The highest BCUT2D eigenvalue weighted by Gasteiger charge is 2.44. The maximum Gasteiger partial charge on any atom is 0.269 e. The molecule has 1 heterocycles. The quantitative estimate of drug-likeness (QED) is 0.617. The molecule has 3 heteroatoms. The van der Waals surface area contributed by atoms with Crippen LogP contribution in [0.4, 0.5) is 8.78 Å².